The van der Waals surface area contributed by atoms with E-state index in [1.54, 1.807) is 0 Å². The molecule has 0 aliphatic heterocycles. The van der Waals surface area contributed by atoms with Crippen molar-refractivity contribution < 1.29 is 4.74 Å². The molecule has 0 aliphatic rings. The molecule has 0 amide bonds. The zero-order valence-electron chi connectivity index (χ0n) is 8.01. The van der Waals surface area contributed by atoms with Crippen LogP contribution in [0.3, 0.4) is 0 Å². The summed E-state index contributed by atoms with van der Waals surface area (Å²) in [6.45, 7) is 1.33. The monoisotopic (exact) mass is 232 g/mol. The number of unbranched alkanes of at least 4 members (excludes halogenated alkanes) is 1. The molecule has 1 nitrogen and oxygen atoms in total. The van der Waals surface area contributed by atoms with E-state index in [1.807, 2.05) is 24.3 Å². The molecule has 0 aliphatic carbocycles. The standard InChI is InChI=1S/C11H14Cl2O/c12-7-3-4-8-14-9-10-5-1-2-6-11(10)13/h1-2,5-6H,3-4,7-9H2. The van der Waals surface area contributed by atoms with E-state index in [2.05, 4.69) is 0 Å². The van der Waals surface area contributed by atoms with Crippen LogP contribution >= 0.6 is 23.2 Å². The van der Waals surface area contributed by atoms with Crippen molar-refractivity contribution in [3.05, 3.63) is 34.9 Å². The molecule has 0 spiro atoms. The third-order valence-corrected chi connectivity index (χ3v) is 2.52. The first-order valence-corrected chi connectivity index (χ1v) is 5.63. The van der Waals surface area contributed by atoms with Gasteiger partial charge in [0.25, 0.3) is 0 Å². The number of halogens is 2. The fourth-order valence-corrected chi connectivity index (χ4v) is 1.48. The quantitative estimate of drug-likeness (QED) is 0.535. The van der Waals surface area contributed by atoms with E-state index in [4.69, 9.17) is 27.9 Å². The predicted octanol–water partition coefficient (Wildman–Crippen LogP) is 3.88. The van der Waals surface area contributed by atoms with Gasteiger partial charge in [-0.3, -0.25) is 0 Å². The highest BCUT2D eigenvalue weighted by atomic mass is 35.5. The number of alkyl halides is 1. The van der Waals surface area contributed by atoms with Crippen LogP contribution in [0.4, 0.5) is 0 Å². The Bertz CT molecular complexity index is 263. The second-order valence-electron chi connectivity index (χ2n) is 3.04. The number of hydrogen-bond donors (Lipinski definition) is 0. The molecule has 0 fully saturated rings. The minimum absolute atomic E-state index is 0.585. The lowest BCUT2D eigenvalue weighted by molar-refractivity contribution is 0.118. The predicted molar refractivity (Wildman–Crippen MR) is 61.1 cm³/mol. The van der Waals surface area contributed by atoms with Gasteiger partial charge in [0, 0.05) is 17.5 Å². The fourth-order valence-electron chi connectivity index (χ4n) is 1.10. The molecule has 1 aromatic rings. The summed E-state index contributed by atoms with van der Waals surface area (Å²) in [5.41, 5.74) is 1.04. The largest absolute Gasteiger partial charge is 0.377 e. The molecular formula is C11H14Cl2O. The molecule has 0 bridgehead atoms. The van der Waals surface area contributed by atoms with E-state index in [9.17, 15) is 0 Å². The summed E-state index contributed by atoms with van der Waals surface area (Å²) >= 11 is 11.5. The Morgan fingerprint density at radius 2 is 1.93 bits per heavy atom. The van der Waals surface area contributed by atoms with Gasteiger partial charge in [-0.05, 0) is 24.5 Å². The lowest BCUT2D eigenvalue weighted by atomic mass is 10.2. The highest BCUT2D eigenvalue weighted by molar-refractivity contribution is 6.31. The molecule has 3 heteroatoms. The van der Waals surface area contributed by atoms with Crippen LogP contribution in [-0.4, -0.2) is 12.5 Å². The van der Waals surface area contributed by atoms with Crippen molar-refractivity contribution in [2.75, 3.05) is 12.5 Å². The summed E-state index contributed by atoms with van der Waals surface area (Å²) in [4.78, 5) is 0. The zero-order valence-corrected chi connectivity index (χ0v) is 9.52. The molecule has 0 N–H and O–H groups in total. The van der Waals surface area contributed by atoms with E-state index in [1.165, 1.54) is 0 Å². The minimum Gasteiger partial charge on any atom is -0.377 e. The first-order chi connectivity index (χ1) is 6.84. The van der Waals surface area contributed by atoms with Crippen molar-refractivity contribution in [2.24, 2.45) is 0 Å². The van der Waals surface area contributed by atoms with Gasteiger partial charge in [-0.25, -0.2) is 0 Å². The number of ether oxygens (including phenoxy) is 1. The van der Waals surface area contributed by atoms with Crippen LogP contribution in [0, 0.1) is 0 Å². The van der Waals surface area contributed by atoms with Gasteiger partial charge in [0.1, 0.15) is 0 Å². The average molecular weight is 233 g/mol. The summed E-state index contributed by atoms with van der Waals surface area (Å²) in [7, 11) is 0. The summed E-state index contributed by atoms with van der Waals surface area (Å²) < 4.78 is 5.46. The van der Waals surface area contributed by atoms with Crippen LogP contribution in [-0.2, 0) is 11.3 Å². The van der Waals surface area contributed by atoms with Gasteiger partial charge in [0.05, 0.1) is 6.61 Å². The normalized spacial score (nSPS) is 10.4. The summed E-state index contributed by atoms with van der Waals surface area (Å²) in [6, 6.07) is 7.73. The van der Waals surface area contributed by atoms with Gasteiger partial charge in [-0.2, -0.15) is 0 Å². The van der Waals surface area contributed by atoms with Gasteiger partial charge in [-0.1, -0.05) is 29.8 Å². The summed E-state index contributed by atoms with van der Waals surface area (Å²) in [5.74, 6) is 0.704. The van der Waals surface area contributed by atoms with Crippen molar-refractivity contribution in [2.45, 2.75) is 19.4 Å². The van der Waals surface area contributed by atoms with Crippen molar-refractivity contribution in [3.63, 3.8) is 0 Å². The maximum Gasteiger partial charge on any atom is 0.0731 e. The van der Waals surface area contributed by atoms with Crippen molar-refractivity contribution >= 4 is 23.2 Å². The Kier molecular flexibility index (Phi) is 6.00. The Hall–Kier alpha value is -0.240. The first-order valence-electron chi connectivity index (χ1n) is 4.71. The van der Waals surface area contributed by atoms with Crippen LogP contribution in [0.2, 0.25) is 5.02 Å². The lowest BCUT2D eigenvalue weighted by Crippen LogP contribution is -1.96. The van der Waals surface area contributed by atoms with Gasteiger partial charge in [0.15, 0.2) is 0 Å². The van der Waals surface area contributed by atoms with Crippen LogP contribution in [0.25, 0.3) is 0 Å². The number of hydrogen-bond acceptors (Lipinski definition) is 1. The molecule has 0 atom stereocenters. The van der Waals surface area contributed by atoms with Gasteiger partial charge >= 0.3 is 0 Å². The third-order valence-electron chi connectivity index (χ3n) is 1.89. The van der Waals surface area contributed by atoms with Crippen LogP contribution in [0.1, 0.15) is 18.4 Å². The molecule has 1 rings (SSSR count). The Labute approximate surface area is 95.0 Å². The molecule has 78 valence electrons. The van der Waals surface area contributed by atoms with Crippen LogP contribution in [0.5, 0.6) is 0 Å². The second-order valence-corrected chi connectivity index (χ2v) is 3.83. The van der Waals surface area contributed by atoms with E-state index in [-0.39, 0.29) is 0 Å². The summed E-state index contributed by atoms with van der Waals surface area (Å²) in [6.07, 6.45) is 2.01. The second kappa shape index (κ2) is 7.10. The van der Waals surface area contributed by atoms with E-state index < -0.39 is 0 Å². The Balaban J connectivity index is 2.21. The molecule has 14 heavy (non-hydrogen) atoms. The third kappa shape index (κ3) is 4.32. The number of rotatable bonds is 6. The maximum absolute atomic E-state index is 5.96. The molecular weight excluding hydrogens is 219 g/mol. The van der Waals surface area contributed by atoms with Gasteiger partial charge < -0.3 is 4.74 Å². The first kappa shape index (κ1) is 11.8. The zero-order chi connectivity index (χ0) is 10.2. The highest BCUT2D eigenvalue weighted by Crippen LogP contribution is 2.15. The maximum atomic E-state index is 5.96. The average Bonchev–Trinajstić information content (AvgIpc) is 2.20. The van der Waals surface area contributed by atoms with Crippen LogP contribution < -0.4 is 0 Å². The van der Waals surface area contributed by atoms with Crippen molar-refractivity contribution in [1.82, 2.24) is 0 Å². The topological polar surface area (TPSA) is 9.23 Å². The van der Waals surface area contributed by atoms with Gasteiger partial charge in [0.2, 0.25) is 0 Å². The molecule has 0 saturated carbocycles. The fraction of sp³-hybridized carbons (Fsp3) is 0.455. The lowest BCUT2D eigenvalue weighted by Gasteiger charge is -2.05. The molecule has 0 unspecified atom stereocenters. The van der Waals surface area contributed by atoms with Crippen LogP contribution in [0.15, 0.2) is 24.3 Å². The molecule has 1 aromatic carbocycles. The molecule has 0 heterocycles. The molecule has 0 radical (unpaired) electrons. The Morgan fingerprint density at radius 1 is 1.14 bits per heavy atom. The number of benzene rings is 1. The summed E-state index contributed by atoms with van der Waals surface area (Å²) in [5, 5.41) is 0.768. The minimum atomic E-state index is 0.585. The Morgan fingerprint density at radius 3 is 2.64 bits per heavy atom. The smallest absolute Gasteiger partial charge is 0.0731 e. The molecule has 0 aromatic heterocycles. The van der Waals surface area contributed by atoms with E-state index >= 15 is 0 Å². The van der Waals surface area contributed by atoms with Crippen molar-refractivity contribution in [1.29, 1.82) is 0 Å². The van der Waals surface area contributed by atoms with E-state index in [0.717, 1.165) is 30.0 Å². The SMILES string of the molecule is ClCCCCOCc1ccccc1Cl. The van der Waals surface area contributed by atoms with Crippen molar-refractivity contribution in [3.8, 4) is 0 Å². The molecule has 0 saturated heterocycles. The van der Waals surface area contributed by atoms with E-state index in [0.29, 0.717) is 12.5 Å². The van der Waals surface area contributed by atoms with Gasteiger partial charge in [-0.15, -0.1) is 11.6 Å². The highest BCUT2D eigenvalue weighted by Gasteiger charge is 1.97.